The first-order chi connectivity index (χ1) is 9.53. The molecule has 1 aromatic carbocycles. The summed E-state index contributed by atoms with van der Waals surface area (Å²) in [6.45, 7) is -0.0848. The number of benzene rings is 1. The molecule has 0 spiro atoms. The van der Waals surface area contributed by atoms with Crippen LogP contribution in [0.15, 0.2) is 30.5 Å². The van der Waals surface area contributed by atoms with Crippen molar-refractivity contribution in [3.8, 4) is 11.1 Å². The normalized spacial score (nSPS) is 16.1. The van der Waals surface area contributed by atoms with E-state index in [1.807, 2.05) is 6.07 Å². The van der Waals surface area contributed by atoms with Gasteiger partial charge in [0.15, 0.2) is 0 Å². The smallest absolute Gasteiger partial charge is 0.109 e. The quantitative estimate of drug-likeness (QED) is 0.631. The molecule has 0 saturated heterocycles. The Morgan fingerprint density at radius 2 is 1.80 bits per heavy atom. The van der Waals surface area contributed by atoms with Crippen LogP contribution in [0.1, 0.15) is 24.1 Å². The van der Waals surface area contributed by atoms with Gasteiger partial charge in [-0.3, -0.25) is 4.98 Å². The van der Waals surface area contributed by atoms with E-state index < -0.39 is 5.60 Å². The highest BCUT2D eigenvalue weighted by atomic mass is 16.3. The van der Waals surface area contributed by atoms with Crippen LogP contribution < -0.4 is 11.5 Å². The minimum absolute atomic E-state index is 0.0848. The van der Waals surface area contributed by atoms with E-state index in [0.717, 1.165) is 11.1 Å². The summed E-state index contributed by atoms with van der Waals surface area (Å²) in [7, 11) is 0. The van der Waals surface area contributed by atoms with E-state index in [-0.39, 0.29) is 6.61 Å². The molecular weight excluding hydrogens is 254 g/mol. The van der Waals surface area contributed by atoms with Crippen LogP contribution in [0, 0.1) is 0 Å². The standard InChI is InChI=1S/C15H17N3O2/c16-12-5-9(1-2-10(12)8-19)11-6-13(17)14(18-7-11)15(20)3-4-15/h1-2,5-7,19-20H,3-4,8,16-17H2. The van der Waals surface area contributed by atoms with E-state index >= 15 is 0 Å². The highest BCUT2D eigenvalue weighted by Crippen LogP contribution is 2.46. The van der Waals surface area contributed by atoms with Crippen LogP contribution in [0.2, 0.25) is 0 Å². The minimum atomic E-state index is -0.831. The lowest BCUT2D eigenvalue weighted by Gasteiger charge is -2.12. The molecule has 0 radical (unpaired) electrons. The molecule has 5 heteroatoms. The molecule has 20 heavy (non-hydrogen) atoms. The van der Waals surface area contributed by atoms with Crippen molar-refractivity contribution < 1.29 is 10.2 Å². The third-order valence-electron chi connectivity index (χ3n) is 3.73. The fraction of sp³-hybridized carbons (Fsp3) is 0.267. The van der Waals surface area contributed by atoms with E-state index in [9.17, 15) is 5.11 Å². The lowest BCUT2D eigenvalue weighted by Crippen LogP contribution is -2.10. The Kier molecular flexibility index (Phi) is 2.88. The number of rotatable bonds is 3. The van der Waals surface area contributed by atoms with E-state index in [2.05, 4.69) is 4.98 Å². The Balaban J connectivity index is 1.98. The molecule has 0 unspecified atom stereocenters. The number of aliphatic hydroxyl groups excluding tert-OH is 1. The number of pyridine rings is 1. The number of aliphatic hydroxyl groups is 2. The molecule has 1 aliphatic carbocycles. The van der Waals surface area contributed by atoms with Gasteiger partial charge >= 0.3 is 0 Å². The van der Waals surface area contributed by atoms with E-state index in [1.54, 1.807) is 24.4 Å². The molecule has 1 aromatic heterocycles. The van der Waals surface area contributed by atoms with Crippen molar-refractivity contribution in [2.45, 2.75) is 25.0 Å². The molecular formula is C15H17N3O2. The second-order valence-electron chi connectivity index (χ2n) is 5.27. The monoisotopic (exact) mass is 271 g/mol. The molecule has 1 aliphatic rings. The van der Waals surface area contributed by atoms with Crippen LogP contribution in [0.4, 0.5) is 11.4 Å². The summed E-state index contributed by atoms with van der Waals surface area (Å²) in [5.74, 6) is 0. The van der Waals surface area contributed by atoms with Crippen molar-refractivity contribution in [3.05, 3.63) is 41.7 Å². The lowest BCUT2D eigenvalue weighted by atomic mass is 10.0. The Morgan fingerprint density at radius 1 is 1.10 bits per heavy atom. The maximum absolute atomic E-state index is 10.1. The summed E-state index contributed by atoms with van der Waals surface area (Å²) < 4.78 is 0. The van der Waals surface area contributed by atoms with Gasteiger partial charge in [0, 0.05) is 23.0 Å². The van der Waals surface area contributed by atoms with Crippen molar-refractivity contribution in [1.29, 1.82) is 0 Å². The number of nitrogens with zero attached hydrogens (tertiary/aromatic N) is 1. The Hall–Kier alpha value is -2.11. The van der Waals surface area contributed by atoms with Crippen molar-refractivity contribution in [1.82, 2.24) is 4.98 Å². The minimum Gasteiger partial charge on any atom is -0.398 e. The first kappa shape index (κ1) is 12.9. The molecule has 104 valence electrons. The van der Waals surface area contributed by atoms with Crippen molar-refractivity contribution >= 4 is 11.4 Å². The molecule has 3 rings (SSSR count). The van der Waals surface area contributed by atoms with Crippen molar-refractivity contribution in [3.63, 3.8) is 0 Å². The highest BCUT2D eigenvalue weighted by Gasteiger charge is 2.45. The zero-order chi connectivity index (χ0) is 14.3. The van der Waals surface area contributed by atoms with Crippen LogP contribution in [0.3, 0.4) is 0 Å². The molecule has 1 fully saturated rings. The third kappa shape index (κ3) is 2.11. The second kappa shape index (κ2) is 4.47. The van der Waals surface area contributed by atoms with Gasteiger partial charge in [-0.2, -0.15) is 0 Å². The summed E-state index contributed by atoms with van der Waals surface area (Å²) in [5, 5.41) is 19.2. The molecule has 2 aromatic rings. The molecule has 5 nitrogen and oxygen atoms in total. The first-order valence-electron chi connectivity index (χ1n) is 6.51. The number of hydrogen-bond acceptors (Lipinski definition) is 5. The fourth-order valence-corrected chi connectivity index (χ4v) is 2.30. The second-order valence-corrected chi connectivity index (χ2v) is 5.27. The van der Waals surface area contributed by atoms with E-state index in [4.69, 9.17) is 16.6 Å². The molecule has 0 aliphatic heterocycles. The summed E-state index contributed by atoms with van der Waals surface area (Å²) >= 11 is 0. The van der Waals surface area contributed by atoms with Gasteiger partial charge in [-0.05, 0) is 30.5 Å². The summed E-state index contributed by atoms with van der Waals surface area (Å²) in [5.41, 5.74) is 15.0. The zero-order valence-electron chi connectivity index (χ0n) is 11.0. The van der Waals surface area contributed by atoms with E-state index in [1.165, 1.54) is 0 Å². The van der Waals surface area contributed by atoms with Gasteiger partial charge in [0.05, 0.1) is 18.0 Å². The summed E-state index contributed by atoms with van der Waals surface area (Å²) in [4.78, 5) is 4.30. The van der Waals surface area contributed by atoms with Crippen molar-refractivity contribution in [2.75, 3.05) is 11.5 Å². The predicted octanol–water partition coefficient (Wildman–Crippen LogP) is 1.39. The molecule has 0 atom stereocenters. The molecule has 1 heterocycles. The van der Waals surface area contributed by atoms with E-state index in [0.29, 0.717) is 35.5 Å². The first-order valence-corrected chi connectivity index (χ1v) is 6.51. The maximum atomic E-state index is 10.1. The lowest BCUT2D eigenvalue weighted by molar-refractivity contribution is 0.147. The molecule has 0 amide bonds. The van der Waals surface area contributed by atoms with Gasteiger partial charge in [-0.15, -0.1) is 0 Å². The van der Waals surface area contributed by atoms with Gasteiger partial charge < -0.3 is 21.7 Å². The number of nitrogen functional groups attached to an aromatic ring is 2. The highest BCUT2D eigenvalue weighted by molar-refractivity contribution is 5.71. The third-order valence-corrected chi connectivity index (χ3v) is 3.73. The van der Waals surface area contributed by atoms with Gasteiger partial charge in [-0.1, -0.05) is 12.1 Å². The van der Waals surface area contributed by atoms with Gasteiger partial charge in [0.25, 0.3) is 0 Å². The largest absolute Gasteiger partial charge is 0.398 e. The van der Waals surface area contributed by atoms with Crippen LogP contribution in [0.5, 0.6) is 0 Å². The number of anilines is 2. The zero-order valence-corrected chi connectivity index (χ0v) is 11.0. The average Bonchev–Trinajstić information content (AvgIpc) is 3.17. The average molecular weight is 271 g/mol. The van der Waals surface area contributed by atoms with Gasteiger partial charge in [0.2, 0.25) is 0 Å². The SMILES string of the molecule is Nc1cc(-c2cnc(C3(O)CC3)c(N)c2)ccc1CO. The summed E-state index contributed by atoms with van der Waals surface area (Å²) in [6.07, 6.45) is 3.11. The van der Waals surface area contributed by atoms with Gasteiger partial charge in [0.1, 0.15) is 5.60 Å². The molecule has 0 bridgehead atoms. The van der Waals surface area contributed by atoms with Crippen LogP contribution in [-0.4, -0.2) is 15.2 Å². The van der Waals surface area contributed by atoms with Crippen LogP contribution in [-0.2, 0) is 12.2 Å². The predicted molar refractivity (Wildman–Crippen MR) is 77.6 cm³/mol. The van der Waals surface area contributed by atoms with Crippen LogP contribution >= 0.6 is 0 Å². The van der Waals surface area contributed by atoms with Gasteiger partial charge in [-0.25, -0.2) is 0 Å². The topological polar surface area (TPSA) is 105 Å². The maximum Gasteiger partial charge on any atom is 0.109 e. The Labute approximate surface area is 116 Å². The number of hydrogen-bond donors (Lipinski definition) is 4. The number of aromatic nitrogens is 1. The van der Waals surface area contributed by atoms with Crippen molar-refractivity contribution in [2.24, 2.45) is 0 Å². The van der Waals surface area contributed by atoms with Crippen LogP contribution in [0.25, 0.3) is 11.1 Å². The summed E-state index contributed by atoms with van der Waals surface area (Å²) in [6, 6.07) is 7.23. The number of nitrogens with two attached hydrogens (primary N) is 2. The molecule has 1 saturated carbocycles. The Bertz CT molecular complexity index is 666. The Morgan fingerprint density at radius 3 is 2.35 bits per heavy atom. The fourth-order valence-electron chi connectivity index (χ4n) is 2.30. The molecule has 6 N–H and O–H groups in total.